The highest BCUT2D eigenvalue weighted by Gasteiger charge is 2.46. The summed E-state index contributed by atoms with van der Waals surface area (Å²) in [4.78, 5) is 42.8. The van der Waals surface area contributed by atoms with E-state index in [9.17, 15) is 27.9 Å². The number of sulfone groups is 1. The molecule has 12 heteroatoms. The number of carbonyl (C=O) groups excluding carboxylic acids is 3. The Hall–Kier alpha value is -3.22. The molecule has 0 bridgehead atoms. The summed E-state index contributed by atoms with van der Waals surface area (Å²) >= 11 is 0. The monoisotopic (exact) mass is 672 g/mol. The van der Waals surface area contributed by atoms with Crippen LogP contribution in [0.4, 0.5) is 0 Å². The highest BCUT2D eigenvalue weighted by atomic mass is 32.2. The van der Waals surface area contributed by atoms with Crippen LogP contribution in [0.5, 0.6) is 0 Å². The number of hydrogen-bond donors (Lipinski definition) is 4. The molecule has 2 fully saturated rings. The number of likely N-dealkylation sites (tertiary alicyclic amines) is 1. The Labute approximate surface area is 279 Å². The van der Waals surface area contributed by atoms with Crippen molar-refractivity contribution in [2.75, 3.05) is 19.3 Å². The van der Waals surface area contributed by atoms with Gasteiger partial charge in [0.05, 0.1) is 34.8 Å². The van der Waals surface area contributed by atoms with Gasteiger partial charge in [-0.25, -0.2) is 8.42 Å². The van der Waals surface area contributed by atoms with Crippen LogP contribution in [0.1, 0.15) is 82.6 Å². The number of aliphatic hydroxyl groups is 1. The van der Waals surface area contributed by atoms with Crippen LogP contribution >= 0.6 is 0 Å². The molecule has 11 nitrogen and oxygen atoms in total. The van der Waals surface area contributed by atoms with Crippen LogP contribution in [0, 0.1) is 11.8 Å². The molecule has 260 valence electrons. The van der Waals surface area contributed by atoms with E-state index in [1.54, 1.807) is 0 Å². The van der Waals surface area contributed by atoms with Crippen LogP contribution < -0.4 is 16.0 Å². The zero-order chi connectivity index (χ0) is 34.6. The molecule has 1 aromatic carbocycles. The number of furan rings is 1. The number of rotatable bonds is 12. The number of nitrogens with zero attached hydrogens (tertiary/aromatic N) is 1. The minimum absolute atomic E-state index is 0.0747. The Morgan fingerprint density at radius 1 is 1.00 bits per heavy atom. The summed E-state index contributed by atoms with van der Waals surface area (Å²) in [5, 5.41) is 20.5. The maximum Gasteiger partial charge on any atom is 0.255 e. The van der Waals surface area contributed by atoms with Crippen LogP contribution in [0.25, 0.3) is 0 Å². The van der Waals surface area contributed by atoms with Gasteiger partial charge in [0.15, 0.2) is 9.84 Å². The smallest absolute Gasteiger partial charge is 0.255 e. The predicted octanol–water partition coefficient (Wildman–Crippen LogP) is 3.09. The number of nitrogens with one attached hydrogen (secondary N) is 3. The van der Waals surface area contributed by atoms with Gasteiger partial charge in [-0.1, -0.05) is 49.6 Å². The van der Waals surface area contributed by atoms with Gasteiger partial charge in [0.2, 0.25) is 11.8 Å². The average molecular weight is 673 g/mol. The first kappa shape index (κ1) is 36.6. The second-order valence-electron chi connectivity index (χ2n) is 14.9. The summed E-state index contributed by atoms with van der Waals surface area (Å²) in [6.45, 7) is 9.41. The van der Waals surface area contributed by atoms with Crippen molar-refractivity contribution in [2.24, 2.45) is 11.8 Å². The normalized spacial score (nSPS) is 22.7. The van der Waals surface area contributed by atoms with Crippen LogP contribution in [0.15, 0.2) is 53.3 Å². The van der Waals surface area contributed by atoms with Crippen LogP contribution in [-0.2, 0) is 25.8 Å². The van der Waals surface area contributed by atoms with E-state index in [4.69, 9.17) is 4.42 Å². The lowest BCUT2D eigenvalue weighted by Crippen LogP contribution is -2.64. The Morgan fingerprint density at radius 3 is 2.26 bits per heavy atom. The Kier molecular flexibility index (Phi) is 11.6. The van der Waals surface area contributed by atoms with Gasteiger partial charge in [0, 0.05) is 24.9 Å². The van der Waals surface area contributed by atoms with Gasteiger partial charge in [-0.15, -0.1) is 0 Å². The number of benzene rings is 1. The Bertz CT molecular complexity index is 1470. The SMILES string of the molecule is CC(C)(C)NC(=O)C1C[C@@H]2CCCC[C@@H]2CN1CC(O)C(Cc1ccccc1)NC(=O)[C@@H](NC(=O)c1ccoc1)C(C)(C)S(C)(=O)=O. The van der Waals surface area contributed by atoms with Gasteiger partial charge in [-0.3, -0.25) is 19.3 Å². The van der Waals surface area contributed by atoms with E-state index < -0.39 is 56.2 Å². The summed E-state index contributed by atoms with van der Waals surface area (Å²) in [6.07, 6.45) is 7.85. The average Bonchev–Trinajstić information content (AvgIpc) is 3.53. The van der Waals surface area contributed by atoms with Gasteiger partial charge in [-0.2, -0.15) is 0 Å². The van der Waals surface area contributed by atoms with Crippen molar-refractivity contribution in [3.63, 3.8) is 0 Å². The zero-order valence-corrected chi connectivity index (χ0v) is 29.3. The topological polar surface area (TPSA) is 158 Å². The summed E-state index contributed by atoms with van der Waals surface area (Å²) in [5.41, 5.74) is 0.571. The standard InChI is InChI=1S/C35H52N4O7S/c1-34(2,3)38-32(42)28-19-24-14-10-11-15-25(24)20-39(28)21-29(40)27(18-23-12-8-7-9-13-23)36-33(43)30(35(4,5)47(6,44)45)37-31(41)26-16-17-46-22-26/h7-9,12-13,16-17,22,24-25,27-30,40H,10-11,14-15,18-21H2,1-6H3,(H,36,43)(H,37,41)(H,38,42)/t24-,25+,27?,28?,29?,30+/m0/s1. The highest BCUT2D eigenvalue weighted by molar-refractivity contribution is 7.92. The summed E-state index contributed by atoms with van der Waals surface area (Å²) in [6, 6.07) is 8.01. The fraction of sp³-hybridized carbons (Fsp3) is 0.629. The largest absolute Gasteiger partial charge is 0.472 e. The lowest BCUT2D eigenvalue weighted by atomic mass is 9.72. The first-order valence-electron chi connectivity index (χ1n) is 16.6. The van der Waals surface area contributed by atoms with Crippen molar-refractivity contribution >= 4 is 27.6 Å². The fourth-order valence-corrected chi connectivity index (χ4v) is 7.38. The number of aliphatic hydroxyl groups excluding tert-OH is 1. The number of fused-ring (bicyclic) bond motifs is 1. The van der Waals surface area contributed by atoms with Crippen molar-refractivity contribution in [2.45, 2.75) is 108 Å². The minimum atomic E-state index is -3.86. The van der Waals surface area contributed by atoms with Crippen molar-refractivity contribution in [1.29, 1.82) is 0 Å². The molecule has 2 heterocycles. The molecule has 1 aliphatic heterocycles. The van der Waals surface area contributed by atoms with Gasteiger partial charge in [-0.05, 0) is 77.3 Å². The molecule has 4 rings (SSSR count). The molecule has 1 aromatic heterocycles. The van der Waals surface area contributed by atoms with E-state index in [2.05, 4.69) is 20.9 Å². The maximum atomic E-state index is 14.1. The number of piperidine rings is 1. The van der Waals surface area contributed by atoms with E-state index in [0.717, 1.165) is 37.5 Å². The Morgan fingerprint density at radius 2 is 1.66 bits per heavy atom. The molecule has 3 unspecified atom stereocenters. The van der Waals surface area contributed by atoms with Gasteiger partial charge in [0.1, 0.15) is 12.3 Å². The fourth-order valence-electron chi connectivity index (χ4n) is 6.79. The number of hydrogen-bond acceptors (Lipinski definition) is 8. The Balaban J connectivity index is 1.62. The quantitative estimate of drug-likeness (QED) is 0.268. The lowest BCUT2D eigenvalue weighted by Gasteiger charge is -2.47. The molecule has 0 spiro atoms. The molecule has 1 aliphatic carbocycles. The molecule has 4 N–H and O–H groups in total. The molecule has 6 atom stereocenters. The lowest BCUT2D eigenvalue weighted by molar-refractivity contribution is -0.133. The first-order valence-corrected chi connectivity index (χ1v) is 18.5. The molecule has 3 amide bonds. The highest BCUT2D eigenvalue weighted by Crippen LogP contribution is 2.39. The van der Waals surface area contributed by atoms with Crippen molar-refractivity contribution in [3.05, 3.63) is 60.1 Å². The minimum Gasteiger partial charge on any atom is -0.472 e. The van der Waals surface area contributed by atoms with E-state index in [1.807, 2.05) is 51.1 Å². The molecule has 47 heavy (non-hydrogen) atoms. The van der Waals surface area contributed by atoms with Crippen LogP contribution in [0.3, 0.4) is 0 Å². The van der Waals surface area contributed by atoms with Crippen LogP contribution in [-0.4, -0.2) is 90.0 Å². The molecule has 1 saturated heterocycles. The molecule has 2 aromatic rings. The summed E-state index contributed by atoms with van der Waals surface area (Å²) < 4.78 is 29.1. The summed E-state index contributed by atoms with van der Waals surface area (Å²) in [5.74, 6) is -0.612. The third-order valence-electron chi connectivity index (χ3n) is 9.79. The third kappa shape index (κ3) is 9.45. The maximum absolute atomic E-state index is 14.1. The van der Waals surface area contributed by atoms with Crippen LogP contribution in [0.2, 0.25) is 0 Å². The number of β-amino-alcohol motifs (C(OH)–C–C–N with tert-alkyl or cyclic N) is 1. The summed E-state index contributed by atoms with van der Waals surface area (Å²) in [7, 11) is -3.86. The molecule has 0 radical (unpaired) electrons. The van der Waals surface area contributed by atoms with Gasteiger partial charge >= 0.3 is 0 Å². The van der Waals surface area contributed by atoms with Crippen molar-refractivity contribution < 1.29 is 32.3 Å². The van der Waals surface area contributed by atoms with E-state index >= 15 is 0 Å². The van der Waals surface area contributed by atoms with E-state index in [1.165, 1.54) is 32.4 Å². The van der Waals surface area contributed by atoms with Gasteiger partial charge < -0.3 is 25.5 Å². The third-order valence-corrected chi connectivity index (χ3v) is 11.9. The van der Waals surface area contributed by atoms with E-state index in [0.29, 0.717) is 24.8 Å². The van der Waals surface area contributed by atoms with E-state index in [-0.39, 0.29) is 24.4 Å². The first-order chi connectivity index (χ1) is 22.0. The molecule has 2 aliphatic rings. The number of carbonyl (C=O) groups is 3. The number of amides is 3. The second kappa shape index (κ2) is 14.9. The molecular weight excluding hydrogens is 620 g/mol. The van der Waals surface area contributed by atoms with Gasteiger partial charge in [0.25, 0.3) is 5.91 Å². The second-order valence-corrected chi connectivity index (χ2v) is 17.5. The molecule has 1 saturated carbocycles. The predicted molar refractivity (Wildman–Crippen MR) is 180 cm³/mol. The zero-order valence-electron chi connectivity index (χ0n) is 28.5. The van der Waals surface area contributed by atoms with Crippen molar-refractivity contribution in [1.82, 2.24) is 20.9 Å². The van der Waals surface area contributed by atoms with Crippen molar-refractivity contribution in [3.8, 4) is 0 Å². The molecular formula is C35H52N4O7S.